The first-order chi connectivity index (χ1) is 12.6. The van der Waals surface area contributed by atoms with Crippen molar-refractivity contribution in [1.82, 2.24) is 0 Å². The number of methoxy groups -OCH3 is 1. The molecule has 1 saturated carbocycles. The Balaban J connectivity index is 1.65. The predicted molar refractivity (Wildman–Crippen MR) is 99.9 cm³/mol. The van der Waals surface area contributed by atoms with Crippen molar-refractivity contribution >= 4 is 23.2 Å². The lowest BCUT2D eigenvalue weighted by molar-refractivity contribution is -0.117. The first-order valence-electron chi connectivity index (χ1n) is 8.64. The van der Waals surface area contributed by atoms with Crippen molar-refractivity contribution in [2.75, 3.05) is 24.4 Å². The number of hydrogen-bond acceptors (Lipinski definition) is 4. The van der Waals surface area contributed by atoms with Crippen LogP contribution in [0.5, 0.6) is 11.5 Å². The lowest BCUT2D eigenvalue weighted by atomic mass is 10.1. The first kappa shape index (κ1) is 17.8. The van der Waals surface area contributed by atoms with Crippen LogP contribution in [0.2, 0.25) is 0 Å². The van der Waals surface area contributed by atoms with Crippen LogP contribution in [0.25, 0.3) is 0 Å². The molecule has 1 fully saturated rings. The smallest absolute Gasteiger partial charge is 0.255 e. The van der Waals surface area contributed by atoms with Crippen LogP contribution < -0.4 is 20.1 Å². The van der Waals surface area contributed by atoms with E-state index in [1.807, 2.05) is 6.92 Å². The van der Waals surface area contributed by atoms with Gasteiger partial charge in [0.25, 0.3) is 5.91 Å². The van der Waals surface area contributed by atoms with Crippen LogP contribution >= 0.6 is 0 Å². The number of anilines is 2. The van der Waals surface area contributed by atoms with Gasteiger partial charge in [0.1, 0.15) is 0 Å². The summed E-state index contributed by atoms with van der Waals surface area (Å²) in [6, 6.07) is 12.1. The number of carbonyl (C=O) groups is 2. The first-order valence-corrected chi connectivity index (χ1v) is 8.64. The molecule has 0 radical (unpaired) electrons. The predicted octanol–water partition coefficient (Wildman–Crippen LogP) is 3.69. The van der Waals surface area contributed by atoms with Gasteiger partial charge in [-0.15, -0.1) is 0 Å². The van der Waals surface area contributed by atoms with Crippen molar-refractivity contribution in [1.29, 1.82) is 0 Å². The van der Waals surface area contributed by atoms with E-state index in [0.717, 1.165) is 18.5 Å². The highest BCUT2D eigenvalue weighted by molar-refractivity contribution is 6.04. The highest BCUT2D eigenvalue weighted by Gasteiger charge is 2.29. The van der Waals surface area contributed by atoms with E-state index in [-0.39, 0.29) is 17.7 Å². The zero-order valence-corrected chi connectivity index (χ0v) is 14.9. The zero-order valence-electron chi connectivity index (χ0n) is 14.9. The molecule has 0 atom stereocenters. The fraction of sp³-hybridized carbons (Fsp3) is 0.300. The fourth-order valence-corrected chi connectivity index (χ4v) is 2.52. The molecule has 136 valence electrons. The van der Waals surface area contributed by atoms with E-state index in [4.69, 9.17) is 9.47 Å². The molecule has 6 nitrogen and oxygen atoms in total. The minimum Gasteiger partial charge on any atom is -0.493 e. The second kappa shape index (κ2) is 7.91. The Bertz CT molecular complexity index is 798. The molecule has 2 N–H and O–H groups in total. The Morgan fingerprint density at radius 3 is 2.23 bits per heavy atom. The topological polar surface area (TPSA) is 76.7 Å². The summed E-state index contributed by atoms with van der Waals surface area (Å²) < 4.78 is 10.7. The van der Waals surface area contributed by atoms with Gasteiger partial charge in [-0.25, -0.2) is 0 Å². The summed E-state index contributed by atoms with van der Waals surface area (Å²) in [6.45, 7) is 2.35. The molecule has 0 heterocycles. The molecule has 0 aliphatic heterocycles. The summed E-state index contributed by atoms with van der Waals surface area (Å²) in [6.07, 6.45) is 1.93. The summed E-state index contributed by atoms with van der Waals surface area (Å²) in [7, 11) is 1.56. The number of benzene rings is 2. The molecular weight excluding hydrogens is 332 g/mol. The molecule has 0 aromatic heterocycles. The second-order valence-electron chi connectivity index (χ2n) is 6.09. The Morgan fingerprint density at radius 2 is 1.65 bits per heavy atom. The monoisotopic (exact) mass is 354 g/mol. The van der Waals surface area contributed by atoms with Crippen LogP contribution in [0.4, 0.5) is 11.4 Å². The minimum absolute atomic E-state index is 0.0588. The molecule has 1 aliphatic carbocycles. The van der Waals surface area contributed by atoms with E-state index < -0.39 is 0 Å². The molecule has 3 rings (SSSR count). The Hall–Kier alpha value is -3.02. The largest absolute Gasteiger partial charge is 0.493 e. The van der Waals surface area contributed by atoms with E-state index in [2.05, 4.69) is 10.6 Å². The summed E-state index contributed by atoms with van der Waals surface area (Å²) >= 11 is 0. The molecular formula is C20H22N2O4. The maximum absolute atomic E-state index is 12.5. The number of carbonyl (C=O) groups excluding carboxylic acids is 2. The number of amides is 2. The third kappa shape index (κ3) is 4.33. The van der Waals surface area contributed by atoms with Crippen molar-refractivity contribution in [3.05, 3.63) is 48.0 Å². The highest BCUT2D eigenvalue weighted by Crippen LogP contribution is 2.30. The van der Waals surface area contributed by atoms with Gasteiger partial charge in [-0.1, -0.05) is 0 Å². The van der Waals surface area contributed by atoms with Gasteiger partial charge in [0.05, 0.1) is 13.7 Å². The van der Waals surface area contributed by atoms with Gasteiger partial charge in [0, 0.05) is 22.9 Å². The SMILES string of the molecule is CCOc1cc(C(=O)Nc2ccc(NC(=O)C3CC3)cc2)ccc1OC. The van der Waals surface area contributed by atoms with Gasteiger partial charge >= 0.3 is 0 Å². The van der Waals surface area contributed by atoms with Crippen molar-refractivity contribution in [3.8, 4) is 11.5 Å². The van der Waals surface area contributed by atoms with Crippen molar-refractivity contribution in [3.63, 3.8) is 0 Å². The highest BCUT2D eigenvalue weighted by atomic mass is 16.5. The fourth-order valence-electron chi connectivity index (χ4n) is 2.52. The molecule has 0 spiro atoms. The molecule has 0 bridgehead atoms. The lowest BCUT2D eigenvalue weighted by Gasteiger charge is -2.11. The molecule has 0 saturated heterocycles. The van der Waals surface area contributed by atoms with Gasteiger partial charge in [0.2, 0.25) is 5.91 Å². The summed E-state index contributed by atoms with van der Waals surface area (Å²) in [4.78, 5) is 24.2. The van der Waals surface area contributed by atoms with Crippen LogP contribution in [-0.4, -0.2) is 25.5 Å². The third-order valence-electron chi connectivity index (χ3n) is 4.08. The molecule has 0 unspecified atom stereocenters. The molecule has 1 aliphatic rings. The van der Waals surface area contributed by atoms with Gasteiger partial charge in [-0.3, -0.25) is 9.59 Å². The van der Waals surface area contributed by atoms with E-state index in [1.54, 1.807) is 49.6 Å². The third-order valence-corrected chi connectivity index (χ3v) is 4.08. The molecule has 2 amide bonds. The number of hydrogen-bond donors (Lipinski definition) is 2. The molecule has 6 heteroatoms. The quantitative estimate of drug-likeness (QED) is 0.795. The molecule has 2 aromatic rings. The van der Waals surface area contributed by atoms with Crippen LogP contribution in [-0.2, 0) is 4.79 Å². The minimum atomic E-state index is -0.247. The number of ether oxygens (including phenoxy) is 2. The van der Waals surface area contributed by atoms with Gasteiger partial charge < -0.3 is 20.1 Å². The second-order valence-corrected chi connectivity index (χ2v) is 6.09. The van der Waals surface area contributed by atoms with E-state index in [0.29, 0.717) is 29.4 Å². The van der Waals surface area contributed by atoms with Crippen molar-refractivity contribution < 1.29 is 19.1 Å². The van der Waals surface area contributed by atoms with Crippen LogP contribution in [0.3, 0.4) is 0 Å². The Kier molecular flexibility index (Phi) is 5.41. The van der Waals surface area contributed by atoms with Crippen LogP contribution in [0.15, 0.2) is 42.5 Å². The van der Waals surface area contributed by atoms with Crippen LogP contribution in [0.1, 0.15) is 30.1 Å². The van der Waals surface area contributed by atoms with E-state index in [1.165, 1.54) is 0 Å². The lowest BCUT2D eigenvalue weighted by Crippen LogP contribution is -2.14. The van der Waals surface area contributed by atoms with Crippen molar-refractivity contribution in [2.24, 2.45) is 5.92 Å². The van der Waals surface area contributed by atoms with Crippen molar-refractivity contribution in [2.45, 2.75) is 19.8 Å². The van der Waals surface area contributed by atoms with Gasteiger partial charge in [-0.2, -0.15) is 0 Å². The average molecular weight is 354 g/mol. The maximum Gasteiger partial charge on any atom is 0.255 e. The van der Waals surface area contributed by atoms with E-state index in [9.17, 15) is 9.59 Å². The van der Waals surface area contributed by atoms with Gasteiger partial charge in [-0.05, 0) is 62.2 Å². The number of nitrogens with one attached hydrogen (secondary N) is 2. The number of rotatable bonds is 7. The van der Waals surface area contributed by atoms with E-state index >= 15 is 0 Å². The Morgan fingerprint density at radius 1 is 1.00 bits per heavy atom. The maximum atomic E-state index is 12.5. The Labute approximate surface area is 152 Å². The van der Waals surface area contributed by atoms with Crippen LogP contribution in [0, 0.1) is 5.92 Å². The summed E-state index contributed by atoms with van der Waals surface area (Å²) in [5, 5.41) is 5.70. The average Bonchev–Trinajstić information content (AvgIpc) is 3.49. The summed E-state index contributed by atoms with van der Waals surface area (Å²) in [5.41, 5.74) is 1.84. The van der Waals surface area contributed by atoms with Gasteiger partial charge in [0.15, 0.2) is 11.5 Å². The normalized spacial score (nSPS) is 13.0. The molecule has 2 aromatic carbocycles. The molecule has 26 heavy (non-hydrogen) atoms. The summed E-state index contributed by atoms with van der Waals surface area (Å²) in [5.74, 6) is 1.08. The zero-order chi connectivity index (χ0) is 18.5. The standard InChI is InChI=1S/C20H22N2O4/c1-3-26-18-12-14(6-11-17(18)25-2)20(24)22-16-9-7-15(8-10-16)21-19(23)13-4-5-13/h6-13H,3-5H2,1-2H3,(H,21,23)(H,22,24).